The molecule has 2 aliphatic rings. The van der Waals surface area contributed by atoms with Crippen LogP contribution in [-0.2, 0) is 0 Å². The van der Waals surface area contributed by atoms with Crippen LogP contribution in [0.2, 0.25) is 0 Å². The first-order valence-electron chi connectivity index (χ1n) is 5.27. The average molecular weight is 173 g/mol. The third-order valence-electron chi connectivity index (χ3n) is 2.86. The lowest BCUT2D eigenvalue weighted by Crippen LogP contribution is -2.18. The molecule has 1 aromatic carbocycles. The van der Waals surface area contributed by atoms with Crippen LogP contribution in [0.1, 0.15) is 25.7 Å². The zero-order valence-corrected chi connectivity index (χ0v) is 7.36. The van der Waals surface area contributed by atoms with Crippen molar-refractivity contribution in [2.75, 3.05) is 0 Å². The molecule has 3 rings (SSSR count). The zero-order valence-electron chi connectivity index (χ0n) is 8.36. The molecule has 0 spiro atoms. The first kappa shape index (κ1) is 6.25. The fourth-order valence-corrected chi connectivity index (χ4v) is 2.21. The second-order valence-corrected chi connectivity index (χ2v) is 3.64. The molecule has 0 amide bonds. The molecular weight excluding hydrogens is 160 g/mol. The molecule has 1 heterocycles. The first-order chi connectivity index (χ1) is 6.84. The molecular formula is C12H12O. The lowest BCUT2D eigenvalue weighted by molar-refractivity contribution is 0.244. The van der Waals surface area contributed by atoms with E-state index in [4.69, 9.17) is 6.11 Å². The second kappa shape index (κ2) is 2.63. The average Bonchev–Trinajstić information content (AvgIpc) is 2.54. The zero-order chi connectivity index (χ0) is 9.54. The number of allylic oxidation sites excluding steroid dienone is 1. The predicted molar refractivity (Wildman–Crippen MR) is 52.0 cm³/mol. The highest BCUT2D eigenvalue weighted by Crippen LogP contribution is 2.42. The van der Waals surface area contributed by atoms with Gasteiger partial charge in [-0.1, -0.05) is 24.3 Å². The van der Waals surface area contributed by atoms with E-state index >= 15 is 0 Å². The van der Waals surface area contributed by atoms with Gasteiger partial charge in [-0.15, -0.1) is 0 Å². The minimum atomic E-state index is 0.119. The van der Waals surface area contributed by atoms with Gasteiger partial charge in [0, 0.05) is 11.5 Å². The minimum Gasteiger partial charge on any atom is -0.485 e. The summed E-state index contributed by atoms with van der Waals surface area (Å²) in [5.74, 6) is 1.49. The van der Waals surface area contributed by atoms with Crippen LogP contribution in [-0.4, -0.2) is 6.10 Å². The monoisotopic (exact) mass is 173 g/mol. The number of hydrogen-bond acceptors (Lipinski definition) is 1. The van der Waals surface area contributed by atoms with Gasteiger partial charge in [0.15, 0.2) is 0 Å². The van der Waals surface area contributed by atoms with Gasteiger partial charge < -0.3 is 4.74 Å². The van der Waals surface area contributed by atoms with E-state index in [0.29, 0.717) is 5.92 Å². The van der Waals surface area contributed by atoms with Crippen molar-refractivity contribution in [2.24, 2.45) is 0 Å². The summed E-state index contributed by atoms with van der Waals surface area (Å²) >= 11 is 0. The van der Waals surface area contributed by atoms with Crippen molar-refractivity contribution in [1.82, 2.24) is 0 Å². The second-order valence-electron chi connectivity index (χ2n) is 3.64. The van der Waals surface area contributed by atoms with Gasteiger partial charge in [-0.3, -0.25) is 0 Å². The Morgan fingerprint density at radius 3 is 3.31 bits per heavy atom. The van der Waals surface area contributed by atoms with Gasteiger partial charge in [-0.25, -0.2) is 0 Å². The summed E-state index contributed by atoms with van der Waals surface area (Å²) in [5, 5.41) is 0. The van der Waals surface area contributed by atoms with Crippen molar-refractivity contribution in [1.29, 1.82) is 0 Å². The highest BCUT2D eigenvalue weighted by atomic mass is 16.5. The molecule has 2 atom stereocenters. The summed E-state index contributed by atoms with van der Waals surface area (Å²) in [7, 11) is 0. The molecule has 0 fully saturated rings. The van der Waals surface area contributed by atoms with E-state index < -0.39 is 0 Å². The topological polar surface area (TPSA) is 9.23 Å². The van der Waals surface area contributed by atoms with E-state index in [-0.39, 0.29) is 6.10 Å². The Labute approximate surface area is 79.4 Å². The normalized spacial score (nSPS) is 31.1. The van der Waals surface area contributed by atoms with Gasteiger partial charge in [0.05, 0.1) is 1.37 Å². The Kier molecular flexibility index (Phi) is 1.26. The number of para-hydroxylation sites is 1. The number of benzene rings is 1. The summed E-state index contributed by atoms with van der Waals surface area (Å²) in [6.07, 6.45) is 4.01. The van der Waals surface area contributed by atoms with Gasteiger partial charge in [-0.2, -0.15) is 0 Å². The molecule has 13 heavy (non-hydrogen) atoms. The molecule has 1 heteroatoms. The van der Waals surface area contributed by atoms with E-state index in [1.807, 2.05) is 18.2 Å². The molecule has 66 valence electrons. The maximum atomic E-state index is 7.61. The van der Waals surface area contributed by atoms with Crippen molar-refractivity contribution in [3.8, 4) is 5.75 Å². The van der Waals surface area contributed by atoms with Crippen LogP contribution in [0.5, 0.6) is 5.75 Å². The number of fused-ring (bicyclic) bond motifs is 3. The van der Waals surface area contributed by atoms with Gasteiger partial charge in [-0.05, 0) is 25.0 Å². The highest BCUT2D eigenvalue weighted by Gasteiger charge is 2.33. The Hall–Kier alpha value is -1.24. The molecule has 1 aromatic rings. The van der Waals surface area contributed by atoms with Crippen molar-refractivity contribution >= 4 is 0 Å². The highest BCUT2D eigenvalue weighted by molar-refractivity contribution is 5.42. The third-order valence-corrected chi connectivity index (χ3v) is 2.86. The van der Waals surface area contributed by atoms with Gasteiger partial charge >= 0.3 is 0 Å². The molecule has 0 aromatic heterocycles. The van der Waals surface area contributed by atoms with Crippen LogP contribution in [0, 0.1) is 0 Å². The molecule has 0 N–H and O–H groups in total. The molecule has 0 radical (unpaired) electrons. The molecule has 1 nitrogen and oxygen atoms in total. The summed E-state index contributed by atoms with van der Waals surface area (Å²) in [4.78, 5) is 0. The van der Waals surface area contributed by atoms with Crippen LogP contribution in [0.25, 0.3) is 0 Å². The Morgan fingerprint density at radius 1 is 1.38 bits per heavy atom. The SMILES string of the molecule is [2H]C1=C[C@H]2Oc3ccccc3[C@H]2CC1. The molecule has 1 aliphatic heterocycles. The summed E-state index contributed by atoms with van der Waals surface area (Å²) in [6, 6.07) is 8.94. The molecule has 0 saturated carbocycles. The van der Waals surface area contributed by atoms with Crippen molar-refractivity contribution in [3.05, 3.63) is 42.0 Å². The molecule has 0 saturated heterocycles. The Morgan fingerprint density at radius 2 is 2.31 bits per heavy atom. The minimum absolute atomic E-state index is 0.119. The summed E-state index contributed by atoms with van der Waals surface area (Å²) in [6.45, 7) is 0. The molecule has 0 bridgehead atoms. The maximum absolute atomic E-state index is 7.61. The third kappa shape index (κ3) is 0.998. The van der Waals surface area contributed by atoms with Crippen molar-refractivity contribution < 1.29 is 6.11 Å². The van der Waals surface area contributed by atoms with E-state index in [0.717, 1.165) is 24.6 Å². The van der Waals surface area contributed by atoms with Crippen LogP contribution in [0.3, 0.4) is 0 Å². The van der Waals surface area contributed by atoms with Crippen LogP contribution in [0.4, 0.5) is 0 Å². The Bertz CT molecular complexity index is 397. The fraction of sp³-hybridized carbons (Fsp3) is 0.333. The molecule has 1 aliphatic carbocycles. The standard InChI is InChI=1S/C12H12O/c1-3-7-11-9(5-1)10-6-2-4-8-12(10)13-11/h1,3-5,7-8,10,12H,2,6H2/t10-,12-/m1/s1/i4D. The van der Waals surface area contributed by atoms with Gasteiger partial charge in [0.1, 0.15) is 11.9 Å². The van der Waals surface area contributed by atoms with E-state index in [2.05, 4.69) is 12.1 Å². The lowest BCUT2D eigenvalue weighted by atomic mass is 9.87. The number of rotatable bonds is 0. The number of hydrogen-bond donors (Lipinski definition) is 0. The largest absolute Gasteiger partial charge is 0.485 e. The van der Waals surface area contributed by atoms with Crippen molar-refractivity contribution in [2.45, 2.75) is 24.9 Å². The lowest BCUT2D eigenvalue weighted by Gasteiger charge is -2.18. The predicted octanol–water partition coefficient (Wildman–Crippen LogP) is 2.88. The molecule has 0 unspecified atom stereocenters. The van der Waals surface area contributed by atoms with E-state index in [1.165, 1.54) is 5.56 Å². The summed E-state index contributed by atoms with van der Waals surface area (Å²) < 4.78 is 13.4. The number of ether oxygens (including phenoxy) is 1. The van der Waals surface area contributed by atoms with Gasteiger partial charge in [0.25, 0.3) is 0 Å². The quantitative estimate of drug-likeness (QED) is 0.548. The summed E-state index contributed by atoms with van der Waals surface area (Å²) in [5.41, 5.74) is 1.32. The van der Waals surface area contributed by atoms with Gasteiger partial charge in [0.2, 0.25) is 0 Å². The first-order valence-corrected chi connectivity index (χ1v) is 4.77. The van der Waals surface area contributed by atoms with Crippen LogP contribution in [0.15, 0.2) is 36.4 Å². The smallest absolute Gasteiger partial charge is 0.124 e. The van der Waals surface area contributed by atoms with E-state index in [1.54, 1.807) is 0 Å². The Balaban J connectivity index is 2.03. The van der Waals surface area contributed by atoms with Crippen LogP contribution < -0.4 is 4.74 Å². The van der Waals surface area contributed by atoms with Crippen molar-refractivity contribution in [3.63, 3.8) is 0 Å². The fourth-order valence-electron chi connectivity index (χ4n) is 2.21. The van der Waals surface area contributed by atoms with E-state index in [9.17, 15) is 0 Å². The maximum Gasteiger partial charge on any atom is 0.124 e. The van der Waals surface area contributed by atoms with Crippen LogP contribution >= 0.6 is 0 Å².